The first-order chi connectivity index (χ1) is 12.2. The number of rotatable bonds is 4. The van der Waals surface area contributed by atoms with Crippen molar-refractivity contribution < 1.29 is 12.8 Å². The number of hydrogen-bond donors (Lipinski definition) is 1. The maximum absolute atomic E-state index is 13.2. The van der Waals surface area contributed by atoms with Crippen LogP contribution in [0.25, 0.3) is 5.69 Å². The summed E-state index contributed by atoms with van der Waals surface area (Å²) in [5.41, 5.74) is 1.51. The van der Waals surface area contributed by atoms with Crippen LogP contribution in [-0.4, -0.2) is 18.2 Å². The highest BCUT2D eigenvalue weighted by atomic mass is 35.5. The van der Waals surface area contributed by atoms with Crippen molar-refractivity contribution in [3.8, 4) is 5.69 Å². The molecule has 0 spiro atoms. The highest BCUT2D eigenvalue weighted by molar-refractivity contribution is 7.92. The quantitative estimate of drug-likeness (QED) is 0.671. The maximum atomic E-state index is 13.2. The van der Waals surface area contributed by atoms with Gasteiger partial charge in [-0.25, -0.2) is 17.5 Å². The second kappa shape index (κ2) is 6.90. The molecule has 3 rings (SSSR count). The van der Waals surface area contributed by atoms with Gasteiger partial charge in [0.2, 0.25) is 0 Å². The first-order valence-electron chi connectivity index (χ1n) is 7.49. The Balaban J connectivity index is 2.04. The van der Waals surface area contributed by atoms with Crippen molar-refractivity contribution in [3.63, 3.8) is 0 Å². The minimum atomic E-state index is -3.97. The molecule has 1 N–H and O–H groups in total. The molecule has 0 fully saturated rings. The van der Waals surface area contributed by atoms with E-state index in [4.69, 9.17) is 23.2 Å². The predicted octanol–water partition coefficient (Wildman–Crippen LogP) is 4.74. The number of aromatic nitrogens is 2. The number of nitrogens with one attached hydrogen (secondary N) is 1. The Hall–Kier alpha value is -2.09. The van der Waals surface area contributed by atoms with Crippen LogP contribution < -0.4 is 4.72 Å². The van der Waals surface area contributed by atoms with Crippen molar-refractivity contribution in [3.05, 3.63) is 69.7 Å². The first-order valence-corrected chi connectivity index (χ1v) is 9.73. The third-order valence-corrected chi connectivity index (χ3v) is 5.92. The van der Waals surface area contributed by atoms with Gasteiger partial charge in [-0.05, 0) is 56.3 Å². The summed E-state index contributed by atoms with van der Waals surface area (Å²) in [6, 6.07) is 10.3. The van der Waals surface area contributed by atoms with E-state index in [9.17, 15) is 12.8 Å². The Morgan fingerprint density at radius 3 is 2.35 bits per heavy atom. The van der Waals surface area contributed by atoms with E-state index in [0.29, 0.717) is 22.1 Å². The molecule has 0 aliphatic rings. The molecule has 0 saturated carbocycles. The standard InChI is InChI=1S/C17H14Cl2FN3O2S/c1-10-17(11(2)23(21-10)14-6-3-12(18)4-7-14)26(24,25)22-16-8-5-13(20)9-15(16)19/h3-9,22H,1-2H3. The lowest BCUT2D eigenvalue weighted by molar-refractivity contribution is 0.599. The van der Waals surface area contributed by atoms with E-state index in [1.807, 2.05) is 0 Å². The molecule has 0 unspecified atom stereocenters. The number of anilines is 1. The van der Waals surface area contributed by atoms with Gasteiger partial charge in [-0.1, -0.05) is 23.2 Å². The molecule has 3 aromatic rings. The molecule has 136 valence electrons. The molecule has 0 atom stereocenters. The first kappa shape index (κ1) is 18.7. The summed E-state index contributed by atoms with van der Waals surface area (Å²) < 4.78 is 42.8. The normalized spacial score (nSPS) is 11.6. The zero-order valence-corrected chi connectivity index (χ0v) is 16.1. The minimum absolute atomic E-state index is 0.0334. The summed E-state index contributed by atoms with van der Waals surface area (Å²) in [6.07, 6.45) is 0. The van der Waals surface area contributed by atoms with E-state index in [0.717, 1.165) is 12.1 Å². The molecule has 1 aromatic heterocycles. The average Bonchev–Trinajstić information content (AvgIpc) is 2.86. The third kappa shape index (κ3) is 3.56. The number of hydrogen-bond acceptors (Lipinski definition) is 3. The Morgan fingerprint density at radius 1 is 1.08 bits per heavy atom. The van der Waals surface area contributed by atoms with Crippen LogP contribution in [0.3, 0.4) is 0 Å². The van der Waals surface area contributed by atoms with Gasteiger partial charge in [0.1, 0.15) is 10.7 Å². The number of sulfonamides is 1. The number of halogens is 3. The molecule has 0 aliphatic heterocycles. The van der Waals surface area contributed by atoms with E-state index in [1.165, 1.54) is 10.7 Å². The maximum Gasteiger partial charge on any atom is 0.265 e. The molecule has 0 amide bonds. The van der Waals surface area contributed by atoms with Gasteiger partial charge in [0, 0.05) is 5.02 Å². The van der Waals surface area contributed by atoms with E-state index in [2.05, 4.69) is 9.82 Å². The van der Waals surface area contributed by atoms with Crippen LogP contribution in [0.5, 0.6) is 0 Å². The topological polar surface area (TPSA) is 64.0 Å². The van der Waals surface area contributed by atoms with Crippen LogP contribution in [-0.2, 0) is 10.0 Å². The molecule has 0 bridgehead atoms. The second-order valence-electron chi connectivity index (χ2n) is 5.62. The summed E-state index contributed by atoms with van der Waals surface area (Å²) in [6.45, 7) is 3.25. The van der Waals surface area contributed by atoms with Crippen LogP contribution in [0, 0.1) is 19.7 Å². The van der Waals surface area contributed by atoms with E-state index < -0.39 is 15.8 Å². The molecule has 0 saturated heterocycles. The van der Waals surface area contributed by atoms with Gasteiger partial charge in [0.15, 0.2) is 0 Å². The highest BCUT2D eigenvalue weighted by Crippen LogP contribution is 2.28. The summed E-state index contributed by atoms with van der Waals surface area (Å²) >= 11 is 11.8. The number of benzene rings is 2. The zero-order valence-electron chi connectivity index (χ0n) is 13.8. The molecule has 2 aromatic carbocycles. The fourth-order valence-electron chi connectivity index (χ4n) is 2.62. The largest absolute Gasteiger partial charge is 0.278 e. The summed E-state index contributed by atoms with van der Waals surface area (Å²) in [5.74, 6) is -0.555. The van der Waals surface area contributed by atoms with Crippen LogP contribution in [0.4, 0.5) is 10.1 Å². The SMILES string of the molecule is Cc1nn(-c2ccc(Cl)cc2)c(C)c1S(=O)(=O)Nc1ccc(F)cc1Cl. The summed E-state index contributed by atoms with van der Waals surface area (Å²) in [7, 11) is -3.97. The smallest absolute Gasteiger partial charge is 0.265 e. The number of nitrogens with zero attached hydrogens (tertiary/aromatic N) is 2. The van der Waals surface area contributed by atoms with Gasteiger partial charge >= 0.3 is 0 Å². The molecule has 0 radical (unpaired) electrons. The fourth-order valence-corrected chi connectivity index (χ4v) is 4.49. The molecule has 26 heavy (non-hydrogen) atoms. The molecule has 5 nitrogen and oxygen atoms in total. The van der Waals surface area contributed by atoms with Crippen molar-refractivity contribution in [2.45, 2.75) is 18.7 Å². The van der Waals surface area contributed by atoms with Gasteiger partial charge in [-0.2, -0.15) is 5.10 Å². The molecule has 1 heterocycles. The lowest BCUT2D eigenvalue weighted by atomic mass is 10.3. The molecule has 0 aliphatic carbocycles. The van der Waals surface area contributed by atoms with Crippen LogP contribution in [0.15, 0.2) is 47.4 Å². The van der Waals surface area contributed by atoms with Gasteiger partial charge in [0.25, 0.3) is 10.0 Å². The Bertz CT molecular complexity index is 1080. The van der Waals surface area contributed by atoms with Crippen molar-refractivity contribution in [2.75, 3.05) is 4.72 Å². The summed E-state index contributed by atoms with van der Waals surface area (Å²) in [5, 5.41) is 4.85. The Morgan fingerprint density at radius 2 is 1.73 bits per heavy atom. The van der Waals surface area contributed by atoms with Gasteiger partial charge < -0.3 is 0 Å². The predicted molar refractivity (Wildman–Crippen MR) is 100 cm³/mol. The van der Waals surface area contributed by atoms with Crippen LogP contribution >= 0.6 is 23.2 Å². The van der Waals surface area contributed by atoms with Crippen LogP contribution in [0.1, 0.15) is 11.4 Å². The fraction of sp³-hybridized carbons (Fsp3) is 0.118. The van der Waals surface area contributed by atoms with Crippen molar-refractivity contribution >= 4 is 38.9 Å². The van der Waals surface area contributed by atoms with E-state index in [-0.39, 0.29) is 15.6 Å². The van der Waals surface area contributed by atoms with E-state index in [1.54, 1.807) is 38.1 Å². The zero-order chi connectivity index (χ0) is 19.1. The van der Waals surface area contributed by atoms with Crippen molar-refractivity contribution in [1.82, 2.24) is 9.78 Å². The molecular weight excluding hydrogens is 400 g/mol. The third-order valence-electron chi connectivity index (χ3n) is 3.74. The van der Waals surface area contributed by atoms with Gasteiger partial charge in [-0.3, -0.25) is 4.72 Å². The molecule has 9 heteroatoms. The monoisotopic (exact) mass is 413 g/mol. The number of aryl methyl sites for hydroxylation is 1. The Labute approximate surface area is 160 Å². The van der Waals surface area contributed by atoms with Crippen molar-refractivity contribution in [2.24, 2.45) is 0 Å². The summed E-state index contributed by atoms with van der Waals surface area (Å²) in [4.78, 5) is 0.0350. The molecular formula is C17H14Cl2FN3O2S. The van der Waals surface area contributed by atoms with Gasteiger partial charge in [-0.15, -0.1) is 0 Å². The highest BCUT2D eigenvalue weighted by Gasteiger charge is 2.26. The second-order valence-corrected chi connectivity index (χ2v) is 8.08. The van der Waals surface area contributed by atoms with Crippen LogP contribution in [0.2, 0.25) is 10.0 Å². The van der Waals surface area contributed by atoms with E-state index >= 15 is 0 Å². The Kier molecular flexibility index (Phi) is 4.96. The van der Waals surface area contributed by atoms with Gasteiger partial charge in [0.05, 0.1) is 27.8 Å². The van der Waals surface area contributed by atoms with Crippen molar-refractivity contribution in [1.29, 1.82) is 0 Å². The lowest BCUT2D eigenvalue weighted by Crippen LogP contribution is -2.15. The average molecular weight is 414 g/mol. The minimum Gasteiger partial charge on any atom is -0.278 e. The lowest BCUT2D eigenvalue weighted by Gasteiger charge is -2.10.